The summed E-state index contributed by atoms with van der Waals surface area (Å²) >= 11 is 5.83. The lowest BCUT2D eigenvalue weighted by atomic mass is 9.75. The van der Waals surface area contributed by atoms with Crippen molar-refractivity contribution in [3.8, 4) is 0 Å². The van der Waals surface area contributed by atoms with E-state index in [2.05, 4.69) is 64.2 Å². The van der Waals surface area contributed by atoms with Crippen LogP contribution in [0.5, 0.6) is 0 Å². The Labute approximate surface area is 135 Å². The number of thioether (sulfide) groups is 1. The standard InChI is InChI=1S/C17H24BrNS/c1-2-20-15-8-7-13(11-15)19-14-9-12(10-14)16-5-3-4-6-17(16)18/h3-6,12-15,19H,2,7-11H2,1H3. The maximum atomic E-state index is 3.89. The molecule has 1 nitrogen and oxygen atoms in total. The van der Waals surface area contributed by atoms with E-state index in [1.807, 2.05) is 0 Å². The molecule has 0 amide bonds. The molecule has 2 aliphatic rings. The summed E-state index contributed by atoms with van der Waals surface area (Å²) in [7, 11) is 0. The Kier molecular flexibility index (Phi) is 5.11. The summed E-state index contributed by atoms with van der Waals surface area (Å²) in [6.45, 7) is 2.28. The van der Waals surface area contributed by atoms with Gasteiger partial charge in [0, 0.05) is 21.8 Å². The number of rotatable bonds is 5. The highest BCUT2D eigenvalue weighted by atomic mass is 79.9. The quantitative estimate of drug-likeness (QED) is 0.802. The van der Waals surface area contributed by atoms with Gasteiger partial charge in [0.1, 0.15) is 0 Å². The molecule has 110 valence electrons. The number of benzene rings is 1. The largest absolute Gasteiger partial charge is 0.311 e. The first-order valence-corrected chi connectivity index (χ1v) is 9.72. The molecule has 1 N–H and O–H groups in total. The second kappa shape index (κ2) is 6.85. The fourth-order valence-corrected chi connectivity index (χ4v) is 5.38. The molecular formula is C17H24BrNS. The monoisotopic (exact) mass is 353 g/mol. The van der Waals surface area contributed by atoms with Crippen LogP contribution in [-0.2, 0) is 0 Å². The molecule has 1 aromatic carbocycles. The van der Waals surface area contributed by atoms with Crippen LogP contribution in [0.15, 0.2) is 28.7 Å². The van der Waals surface area contributed by atoms with Crippen molar-refractivity contribution in [2.75, 3.05) is 5.75 Å². The third kappa shape index (κ3) is 3.42. The molecule has 3 rings (SSSR count). The second-order valence-corrected chi connectivity index (χ2v) is 8.57. The molecular weight excluding hydrogens is 330 g/mol. The van der Waals surface area contributed by atoms with E-state index in [9.17, 15) is 0 Å². The lowest BCUT2D eigenvalue weighted by Gasteiger charge is -2.38. The highest BCUT2D eigenvalue weighted by Crippen LogP contribution is 2.41. The summed E-state index contributed by atoms with van der Waals surface area (Å²) in [5.74, 6) is 2.02. The van der Waals surface area contributed by atoms with E-state index in [-0.39, 0.29) is 0 Å². The van der Waals surface area contributed by atoms with E-state index in [1.54, 1.807) is 0 Å². The second-order valence-electron chi connectivity index (χ2n) is 6.14. The van der Waals surface area contributed by atoms with E-state index in [0.717, 1.165) is 23.3 Å². The van der Waals surface area contributed by atoms with E-state index >= 15 is 0 Å². The average Bonchev–Trinajstić information content (AvgIpc) is 2.83. The molecule has 2 atom stereocenters. The molecule has 0 aliphatic heterocycles. The first kappa shape index (κ1) is 14.9. The molecule has 2 fully saturated rings. The van der Waals surface area contributed by atoms with Gasteiger partial charge in [-0.15, -0.1) is 0 Å². The highest BCUT2D eigenvalue weighted by Gasteiger charge is 2.34. The number of hydrogen-bond acceptors (Lipinski definition) is 2. The van der Waals surface area contributed by atoms with Crippen LogP contribution in [0.2, 0.25) is 0 Å². The molecule has 3 heteroatoms. The van der Waals surface area contributed by atoms with Gasteiger partial charge >= 0.3 is 0 Å². The Bertz CT molecular complexity index is 444. The Balaban J connectivity index is 1.44. The van der Waals surface area contributed by atoms with E-state index in [4.69, 9.17) is 0 Å². The zero-order valence-corrected chi connectivity index (χ0v) is 14.6. The molecule has 0 spiro atoms. The normalized spacial score (nSPS) is 33.1. The summed E-state index contributed by atoms with van der Waals surface area (Å²) in [5.41, 5.74) is 1.50. The summed E-state index contributed by atoms with van der Waals surface area (Å²) < 4.78 is 1.28. The molecule has 0 bridgehead atoms. The maximum Gasteiger partial charge on any atom is 0.0210 e. The third-order valence-corrected chi connectivity index (χ3v) is 6.70. The number of hydrogen-bond donors (Lipinski definition) is 1. The summed E-state index contributed by atoms with van der Waals surface area (Å²) in [6, 6.07) is 10.2. The van der Waals surface area contributed by atoms with E-state index in [1.165, 1.54) is 47.9 Å². The fourth-order valence-electron chi connectivity index (χ4n) is 3.63. The Hall–Kier alpha value is 0.01000. The topological polar surface area (TPSA) is 12.0 Å². The van der Waals surface area contributed by atoms with Crippen molar-refractivity contribution in [2.45, 2.75) is 62.3 Å². The zero-order valence-electron chi connectivity index (χ0n) is 12.1. The van der Waals surface area contributed by atoms with Gasteiger partial charge in [-0.3, -0.25) is 0 Å². The maximum absolute atomic E-state index is 3.89. The number of halogens is 1. The van der Waals surface area contributed by atoms with Gasteiger partial charge in [0.05, 0.1) is 0 Å². The van der Waals surface area contributed by atoms with Crippen LogP contribution in [0.1, 0.15) is 50.5 Å². The minimum absolute atomic E-state index is 0.752. The van der Waals surface area contributed by atoms with Gasteiger partial charge in [0.15, 0.2) is 0 Å². The van der Waals surface area contributed by atoms with Gasteiger partial charge in [0.2, 0.25) is 0 Å². The molecule has 2 unspecified atom stereocenters. The lowest BCUT2D eigenvalue weighted by Crippen LogP contribution is -2.44. The van der Waals surface area contributed by atoms with Crippen LogP contribution in [0, 0.1) is 0 Å². The van der Waals surface area contributed by atoms with Crippen LogP contribution in [-0.4, -0.2) is 23.1 Å². The van der Waals surface area contributed by atoms with E-state index < -0.39 is 0 Å². The average molecular weight is 354 g/mol. The van der Waals surface area contributed by atoms with Crippen molar-refractivity contribution in [3.63, 3.8) is 0 Å². The van der Waals surface area contributed by atoms with Crippen LogP contribution in [0.3, 0.4) is 0 Å². The molecule has 0 aromatic heterocycles. The Morgan fingerprint density at radius 1 is 1.15 bits per heavy atom. The van der Waals surface area contributed by atoms with E-state index in [0.29, 0.717) is 0 Å². The summed E-state index contributed by atoms with van der Waals surface area (Å²) in [6.07, 6.45) is 6.80. The van der Waals surface area contributed by atoms with Gasteiger partial charge in [-0.25, -0.2) is 0 Å². The molecule has 2 aliphatic carbocycles. The van der Waals surface area contributed by atoms with Gasteiger partial charge < -0.3 is 5.32 Å². The highest BCUT2D eigenvalue weighted by molar-refractivity contribution is 9.10. The first-order chi connectivity index (χ1) is 9.76. The van der Waals surface area contributed by atoms with Crippen molar-refractivity contribution in [1.29, 1.82) is 0 Å². The van der Waals surface area contributed by atoms with Crippen molar-refractivity contribution in [3.05, 3.63) is 34.3 Å². The van der Waals surface area contributed by atoms with Gasteiger partial charge in [-0.2, -0.15) is 11.8 Å². The fraction of sp³-hybridized carbons (Fsp3) is 0.647. The number of nitrogens with one attached hydrogen (secondary N) is 1. The molecule has 2 saturated carbocycles. The molecule has 0 heterocycles. The van der Waals surface area contributed by atoms with Crippen LogP contribution < -0.4 is 5.32 Å². The Morgan fingerprint density at radius 3 is 2.70 bits per heavy atom. The molecule has 0 radical (unpaired) electrons. The molecule has 20 heavy (non-hydrogen) atoms. The van der Waals surface area contributed by atoms with Crippen molar-refractivity contribution in [2.24, 2.45) is 0 Å². The van der Waals surface area contributed by atoms with Gasteiger partial charge in [-0.05, 0) is 55.4 Å². The van der Waals surface area contributed by atoms with Crippen molar-refractivity contribution >= 4 is 27.7 Å². The van der Waals surface area contributed by atoms with Crippen molar-refractivity contribution < 1.29 is 0 Å². The van der Waals surface area contributed by atoms with Crippen LogP contribution in [0.4, 0.5) is 0 Å². The summed E-state index contributed by atoms with van der Waals surface area (Å²) in [4.78, 5) is 0. The smallest absolute Gasteiger partial charge is 0.0210 e. The molecule has 1 aromatic rings. The SMILES string of the molecule is CCSC1CCC(NC2CC(c3ccccc3Br)C2)C1. The minimum atomic E-state index is 0.752. The minimum Gasteiger partial charge on any atom is -0.311 e. The van der Waals surface area contributed by atoms with Gasteiger partial charge in [-0.1, -0.05) is 41.1 Å². The van der Waals surface area contributed by atoms with Gasteiger partial charge in [0.25, 0.3) is 0 Å². The third-order valence-electron chi connectivity index (χ3n) is 4.74. The first-order valence-electron chi connectivity index (χ1n) is 7.88. The summed E-state index contributed by atoms with van der Waals surface area (Å²) in [5, 5.41) is 4.81. The predicted octanol–water partition coefficient (Wildman–Crippen LogP) is 4.96. The zero-order chi connectivity index (χ0) is 13.9. The van der Waals surface area contributed by atoms with Crippen LogP contribution >= 0.6 is 27.7 Å². The predicted molar refractivity (Wildman–Crippen MR) is 92.6 cm³/mol. The molecule has 0 saturated heterocycles. The lowest BCUT2D eigenvalue weighted by molar-refractivity contribution is 0.264. The Morgan fingerprint density at radius 2 is 1.95 bits per heavy atom. The van der Waals surface area contributed by atoms with Crippen molar-refractivity contribution in [1.82, 2.24) is 5.32 Å². The van der Waals surface area contributed by atoms with Crippen LogP contribution in [0.25, 0.3) is 0 Å².